The van der Waals surface area contributed by atoms with E-state index in [4.69, 9.17) is 11.6 Å². The molecule has 0 aliphatic rings. The number of hydrogen-bond acceptors (Lipinski definition) is 4. The molecule has 0 spiro atoms. The summed E-state index contributed by atoms with van der Waals surface area (Å²) in [6.45, 7) is 5.27. The summed E-state index contributed by atoms with van der Waals surface area (Å²) < 4.78 is 0. The van der Waals surface area contributed by atoms with Gasteiger partial charge < -0.3 is 5.32 Å². The number of unbranched alkanes of at least 4 members (excludes halogenated alkanes) is 5. The van der Waals surface area contributed by atoms with E-state index < -0.39 is 0 Å². The van der Waals surface area contributed by atoms with Crippen molar-refractivity contribution in [3.63, 3.8) is 0 Å². The number of nitrogens with one attached hydrogen (secondary N) is 1. The summed E-state index contributed by atoms with van der Waals surface area (Å²) in [5.41, 5.74) is 0. The molecule has 5 heteroatoms. The van der Waals surface area contributed by atoms with E-state index >= 15 is 0 Å². The molecule has 3 nitrogen and oxygen atoms in total. The van der Waals surface area contributed by atoms with Crippen LogP contribution in [0.3, 0.4) is 0 Å². The number of aromatic nitrogens is 2. The second kappa shape index (κ2) is 7.79. The summed E-state index contributed by atoms with van der Waals surface area (Å²) in [6.07, 6.45) is 7.78. The molecule has 0 aromatic carbocycles. The van der Waals surface area contributed by atoms with Gasteiger partial charge in [-0.25, -0.2) is 9.97 Å². The second-order valence-corrected chi connectivity index (χ2v) is 6.68. The summed E-state index contributed by atoms with van der Waals surface area (Å²) >= 11 is 7.63. The molecule has 2 rings (SSSR count). The highest BCUT2D eigenvalue weighted by atomic mass is 35.5. The third-order valence-electron chi connectivity index (χ3n) is 3.31. The predicted octanol–water partition coefficient (Wildman–Crippen LogP) is 5.43. The van der Waals surface area contributed by atoms with Crippen LogP contribution in [0, 0.1) is 6.92 Å². The zero-order valence-electron chi connectivity index (χ0n) is 12.2. The average Bonchev–Trinajstić information content (AvgIpc) is 2.77. The molecule has 2 aromatic rings. The summed E-state index contributed by atoms with van der Waals surface area (Å²) in [4.78, 5) is 10.8. The fourth-order valence-corrected chi connectivity index (χ4v) is 3.36. The third-order valence-corrected chi connectivity index (χ3v) is 4.42. The van der Waals surface area contributed by atoms with Gasteiger partial charge in [0.2, 0.25) is 5.28 Å². The Bertz CT molecular complexity index is 553. The lowest BCUT2D eigenvalue weighted by atomic mass is 10.1. The van der Waals surface area contributed by atoms with E-state index in [1.165, 1.54) is 43.4 Å². The molecular weight excluding hydrogens is 290 g/mol. The number of thiophene rings is 1. The van der Waals surface area contributed by atoms with E-state index in [2.05, 4.69) is 35.2 Å². The highest BCUT2D eigenvalue weighted by Crippen LogP contribution is 2.29. The van der Waals surface area contributed by atoms with Gasteiger partial charge >= 0.3 is 0 Å². The molecule has 0 saturated carbocycles. The molecule has 0 aliphatic heterocycles. The van der Waals surface area contributed by atoms with Gasteiger partial charge in [-0.3, -0.25) is 0 Å². The number of fused-ring (bicyclic) bond motifs is 1. The number of nitrogens with zero attached hydrogens (tertiary/aromatic N) is 2. The lowest BCUT2D eigenvalue weighted by Crippen LogP contribution is -2.04. The largest absolute Gasteiger partial charge is 0.369 e. The lowest BCUT2D eigenvalue weighted by molar-refractivity contribution is 0.617. The molecule has 0 aliphatic carbocycles. The van der Waals surface area contributed by atoms with Crippen LogP contribution in [0.15, 0.2) is 6.07 Å². The van der Waals surface area contributed by atoms with Crippen molar-refractivity contribution in [1.82, 2.24) is 9.97 Å². The normalized spacial score (nSPS) is 11.2. The quantitative estimate of drug-likeness (QED) is 0.522. The van der Waals surface area contributed by atoms with Crippen molar-refractivity contribution in [1.29, 1.82) is 0 Å². The fraction of sp³-hybridized carbons (Fsp3) is 0.600. The van der Waals surface area contributed by atoms with Crippen LogP contribution in [-0.4, -0.2) is 16.5 Å². The van der Waals surface area contributed by atoms with E-state index in [1.54, 1.807) is 11.3 Å². The van der Waals surface area contributed by atoms with Gasteiger partial charge in [0.1, 0.15) is 10.6 Å². The van der Waals surface area contributed by atoms with E-state index in [-0.39, 0.29) is 0 Å². The molecule has 0 fully saturated rings. The first-order chi connectivity index (χ1) is 9.70. The third kappa shape index (κ3) is 4.32. The minimum Gasteiger partial charge on any atom is -0.369 e. The molecule has 0 atom stereocenters. The molecule has 0 bridgehead atoms. The molecule has 0 saturated heterocycles. The summed E-state index contributed by atoms with van der Waals surface area (Å²) in [6, 6.07) is 2.12. The highest BCUT2D eigenvalue weighted by molar-refractivity contribution is 7.18. The van der Waals surface area contributed by atoms with Crippen molar-refractivity contribution in [2.45, 2.75) is 52.4 Å². The van der Waals surface area contributed by atoms with E-state index in [0.717, 1.165) is 22.6 Å². The summed E-state index contributed by atoms with van der Waals surface area (Å²) in [7, 11) is 0. The number of rotatable bonds is 8. The molecular formula is C15H22ClN3S. The van der Waals surface area contributed by atoms with Crippen LogP contribution in [0.25, 0.3) is 10.2 Å². The van der Waals surface area contributed by atoms with Gasteiger partial charge in [-0.15, -0.1) is 11.3 Å². The standard InChI is InChI=1S/C15H22ClN3S/c1-3-4-5-6-7-8-9-17-13-12-10-11(2)20-14(12)19-15(16)18-13/h10H,3-9H2,1-2H3,(H,17,18,19). The van der Waals surface area contributed by atoms with Gasteiger partial charge in [-0.2, -0.15) is 0 Å². The Morgan fingerprint density at radius 3 is 2.70 bits per heavy atom. The fourth-order valence-electron chi connectivity index (χ4n) is 2.26. The number of aryl methyl sites for hydroxylation is 1. The predicted molar refractivity (Wildman–Crippen MR) is 89.0 cm³/mol. The first-order valence-electron chi connectivity index (χ1n) is 7.38. The SMILES string of the molecule is CCCCCCCCNc1nc(Cl)nc2sc(C)cc12. The molecule has 0 unspecified atom stereocenters. The maximum atomic E-state index is 5.97. The molecule has 20 heavy (non-hydrogen) atoms. The van der Waals surface area contributed by atoms with Gasteiger partial charge in [0, 0.05) is 11.4 Å². The minimum absolute atomic E-state index is 0.324. The van der Waals surface area contributed by atoms with E-state index in [1.807, 2.05) is 0 Å². The van der Waals surface area contributed by atoms with Crippen LogP contribution in [0.1, 0.15) is 50.3 Å². The van der Waals surface area contributed by atoms with Crippen molar-refractivity contribution in [2.75, 3.05) is 11.9 Å². The average molecular weight is 312 g/mol. The highest BCUT2D eigenvalue weighted by Gasteiger charge is 2.09. The van der Waals surface area contributed by atoms with Gasteiger partial charge in [0.15, 0.2) is 0 Å². The Labute approximate surface area is 129 Å². The monoisotopic (exact) mass is 311 g/mol. The zero-order valence-corrected chi connectivity index (χ0v) is 13.8. The lowest BCUT2D eigenvalue weighted by Gasteiger charge is -2.07. The number of halogens is 1. The molecule has 0 radical (unpaired) electrons. The first kappa shape index (κ1) is 15.5. The van der Waals surface area contributed by atoms with Crippen LogP contribution in [0.5, 0.6) is 0 Å². The first-order valence-corrected chi connectivity index (χ1v) is 8.57. The Morgan fingerprint density at radius 1 is 1.15 bits per heavy atom. The molecule has 1 N–H and O–H groups in total. The Balaban J connectivity index is 1.86. The Kier molecular flexibility index (Phi) is 6.05. The number of hydrogen-bond donors (Lipinski definition) is 1. The van der Waals surface area contributed by atoms with Crippen molar-refractivity contribution in [3.05, 3.63) is 16.2 Å². The topological polar surface area (TPSA) is 37.8 Å². The maximum Gasteiger partial charge on any atom is 0.225 e. The van der Waals surface area contributed by atoms with Crippen LogP contribution < -0.4 is 5.32 Å². The van der Waals surface area contributed by atoms with Crippen LogP contribution in [0.4, 0.5) is 5.82 Å². The van der Waals surface area contributed by atoms with E-state index in [0.29, 0.717) is 5.28 Å². The molecule has 0 amide bonds. The van der Waals surface area contributed by atoms with Gasteiger partial charge in [-0.05, 0) is 31.0 Å². The summed E-state index contributed by atoms with van der Waals surface area (Å²) in [5.74, 6) is 0.873. The molecule has 110 valence electrons. The van der Waals surface area contributed by atoms with Gasteiger partial charge in [0.25, 0.3) is 0 Å². The summed E-state index contributed by atoms with van der Waals surface area (Å²) in [5, 5.41) is 4.81. The second-order valence-electron chi connectivity index (χ2n) is 5.11. The molecule has 2 heterocycles. The van der Waals surface area contributed by atoms with Crippen molar-refractivity contribution >= 4 is 39.0 Å². The van der Waals surface area contributed by atoms with Gasteiger partial charge in [0.05, 0.1) is 5.39 Å². The van der Waals surface area contributed by atoms with E-state index in [9.17, 15) is 0 Å². The molecule has 2 aromatic heterocycles. The van der Waals surface area contributed by atoms with Crippen molar-refractivity contribution < 1.29 is 0 Å². The zero-order chi connectivity index (χ0) is 14.4. The van der Waals surface area contributed by atoms with Gasteiger partial charge in [-0.1, -0.05) is 39.0 Å². The maximum absolute atomic E-state index is 5.97. The van der Waals surface area contributed by atoms with Crippen molar-refractivity contribution in [2.24, 2.45) is 0 Å². The minimum atomic E-state index is 0.324. The van der Waals surface area contributed by atoms with Crippen LogP contribution in [-0.2, 0) is 0 Å². The van der Waals surface area contributed by atoms with Crippen LogP contribution >= 0.6 is 22.9 Å². The van der Waals surface area contributed by atoms with Crippen LogP contribution in [0.2, 0.25) is 5.28 Å². The van der Waals surface area contributed by atoms with Crippen molar-refractivity contribution in [3.8, 4) is 0 Å². The Morgan fingerprint density at radius 2 is 1.90 bits per heavy atom. The number of anilines is 1. The Hall–Kier alpha value is -0.870. The smallest absolute Gasteiger partial charge is 0.225 e.